The molecule has 0 unspecified atom stereocenters. The van der Waals surface area contributed by atoms with E-state index in [0.29, 0.717) is 34.1 Å². The lowest BCUT2D eigenvalue weighted by atomic mass is 10.1. The summed E-state index contributed by atoms with van der Waals surface area (Å²) >= 11 is 6.00. The standard InChI is InChI=1S/C24H17ClN4O2/c25-17-9-12-22(27-14-17)29-23(28-20-4-2-1-3-19(20)24(29)30)16-7-5-15(6-8-16)21-11-10-18(13-26)31-21/h1-12,14H,13,26H2. The van der Waals surface area contributed by atoms with E-state index in [1.807, 2.05) is 54.6 Å². The summed E-state index contributed by atoms with van der Waals surface area (Å²) in [5, 5.41) is 1.01. The first kappa shape index (κ1) is 19.2. The number of aromatic nitrogens is 3. The van der Waals surface area contributed by atoms with Crippen LogP contribution in [-0.4, -0.2) is 14.5 Å². The number of halogens is 1. The van der Waals surface area contributed by atoms with Crippen LogP contribution in [-0.2, 0) is 6.54 Å². The lowest BCUT2D eigenvalue weighted by Crippen LogP contribution is -2.22. The summed E-state index contributed by atoms with van der Waals surface area (Å²) in [5.41, 5.74) is 7.74. The molecule has 0 aliphatic rings. The molecule has 0 aliphatic heterocycles. The van der Waals surface area contributed by atoms with Crippen LogP contribution in [0.1, 0.15) is 5.76 Å². The van der Waals surface area contributed by atoms with Gasteiger partial charge in [-0.2, -0.15) is 0 Å². The van der Waals surface area contributed by atoms with Gasteiger partial charge in [0.15, 0.2) is 0 Å². The molecule has 0 saturated heterocycles. The molecule has 31 heavy (non-hydrogen) atoms. The summed E-state index contributed by atoms with van der Waals surface area (Å²) in [7, 11) is 0. The summed E-state index contributed by atoms with van der Waals surface area (Å²) in [6.07, 6.45) is 1.51. The van der Waals surface area contributed by atoms with Gasteiger partial charge in [-0.1, -0.05) is 48.0 Å². The fourth-order valence-corrected chi connectivity index (χ4v) is 3.58. The fraction of sp³-hybridized carbons (Fsp3) is 0.0417. The molecule has 0 spiro atoms. The molecule has 0 radical (unpaired) electrons. The molecular formula is C24H17ClN4O2. The minimum atomic E-state index is -0.196. The zero-order chi connectivity index (χ0) is 21.4. The van der Waals surface area contributed by atoms with Gasteiger partial charge in [0.1, 0.15) is 23.2 Å². The molecule has 2 N–H and O–H groups in total. The smallest absolute Gasteiger partial charge is 0.267 e. The molecule has 5 aromatic rings. The van der Waals surface area contributed by atoms with Gasteiger partial charge in [0, 0.05) is 17.3 Å². The van der Waals surface area contributed by atoms with Crippen LogP contribution in [0.5, 0.6) is 0 Å². The van der Waals surface area contributed by atoms with Crippen LogP contribution in [0, 0.1) is 0 Å². The highest BCUT2D eigenvalue weighted by molar-refractivity contribution is 6.30. The highest BCUT2D eigenvalue weighted by Crippen LogP contribution is 2.27. The molecule has 3 heterocycles. The SMILES string of the molecule is NCc1ccc(-c2ccc(-c3nc4ccccc4c(=O)n3-c3ccc(Cl)cn3)cc2)o1. The van der Waals surface area contributed by atoms with Crippen LogP contribution in [0.15, 0.2) is 88.2 Å². The third kappa shape index (κ3) is 3.52. The van der Waals surface area contributed by atoms with Crippen LogP contribution in [0.4, 0.5) is 0 Å². The second-order valence-corrected chi connectivity index (χ2v) is 7.41. The summed E-state index contributed by atoms with van der Waals surface area (Å²) in [6.45, 7) is 0.347. The van der Waals surface area contributed by atoms with Gasteiger partial charge in [-0.15, -0.1) is 0 Å². The Labute approximate surface area is 182 Å². The van der Waals surface area contributed by atoms with Crippen molar-refractivity contribution in [3.8, 4) is 28.5 Å². The van der Waals surface area contributed by atoms with Gasteiger partial charge in [-0.05, 0) is 36.4 Å². The molecular weight excluding hydrogens is 412 g/mol. The fourth-order valence-electron chi connectivity index (χ4n) is 3.47. The number of hydrogen-bond donors (Lipinski definition) is 1. The second-order valence-electron chi connectivity index (χ2n) is 6.98. The molecule has 5 rings (SSSR count). The van der Waals surface area contributed by atoms with E-state index in [4.69, 9.17) is 26.7 Å². The summed E-state index contributed by atoms with van der Waals surface area (Å²) < 4.78 is 7.23. The molecule has 0 saturated carbocycles. The van der Waals surface area contributed by atoms with Crippen LogP contribution in [0.3, 0.4) is 0 Å². The average Bonchev–Trinajstić information content (AvgIpc) is 3.29. The van der Waals surface area contributed by atoms with Crippen LogP contribution in [0.25, 0.3) is 39.4 Å². The molecule has 6 nitrogen and oxygen atoms in total. The maximum Gasteiger partial charge on any atom is 0.267 e. The Bertz CT molecular complexity index is 1440. The van der Waals surface area contributed by atoms with Crippen molar-refractivity contribution in [3.05, 3.63) is 100 Å². The molecule has 0 bridgehead atoms. The number of pyridine rings is 1. The number of nitrogens with zero attached hydrogens (tertiary/aromatic N) is 3. The number of para-hydroxylation sites is 1. The van der Waals surface area contributed by atoms with Crippen molar-refractivity contribution in [1.29, 1.82) is 0 Å². The highest BCUT2D eigenvalue weighted by atomic mass is 35.5. The topological polar surface area (TPSA) is 86.9 Å². The lowest BCUT2D eigenvalue weighted by Gasteiger charge is -2.13. The Balaban J connectivity index is 1.69. The van der Waals surface area contributed by atoms with Gasteiger partial charge in [-0.3, -0.25) is 4.79 Å². The van der Waals surface area contributed by atoms with E-state index >= 15 is 0 Å². The van der Waals surface area contributed by atoms with Crippen molar-refractivity contribution >= 4 is 22.5 Å². The highest BCUT2D eigenvalue weighted by Gasteiger charge is 2.16. The van der Waals surface area contributed by atoms with Crippen molar-refractivity contribution in [2.24, 2.45) is 5.73 Å². The Morgan fingerprint density at radius 1 is 0.935 bits per heavy atom. The third-order valence-electron chi connectivity index (χ3n) is 5.01. The van der Waals surface area contributed by atoms with Crippen LogP contribution < -0.4 is 11.3 Å². The van der Waals surface area contributed by atoms with Crippen molar-refractivity contribution in [2.75, 3.05) is 0 Å². The minimum absolute atomic E-state index is 0.196. The summed E-state index contributed by atoms with van der Waals surface area (Å²) in [4.78, 5) is 22.5. The lowest BCUT2D eigenvalue weighted by molar-refractivity contribution is 0.525. The van der Waals surface area contributed by atoms with E-state index < -0.39 is 0 Å². The maximum atomic E-state index is 13.4. The van der Waals surface area contributed by atoms with Crippen LogP contribution >= 0.6 is 11.6 Å². The summed E-state index contributed by atoms with van der Waals surface area (Å²) in [5.74, 6) is 2.39. The Morgan fingerprint density at radius 2 is 1.71 bits per heavy atom. The van der Waals surface area contributed by atoms with Gasteiger partial charge in [-0.25, -0.2) is 14.5 Å². The quantitative estimate of drug-likeness (QED) is 0.443. The third-order valence-corrected chi connectivity index (χ3v) is 5.23. The number of rotatable bonds is 4. The molecule has 3 aromatic heterocycles. The van der Waals surface area contributed by atoms with E-state index in [0.717, 1.165) is 22.6 Å². The summed E-state index contributed by atoms with van der Waals surface area (Å²) in [6, 6.07) is 22.1. The van der Waals surface area contributed by atoms with Crippen LogP contribution in [0.2, 0.25) is 5.02 Å². The Hall–Kier alpha value is -3.74. The van der Waals surface area contributed by atoms with Gasteiger partial charge in [0.05, 0.1) is 22.5 Å². The predicted molar refractivity (Wildman–Crippen MR) is 121 cm³/mol. The average molecular weight is 429 g/mol. The van der Waals surface area contributed by atoms with E-state index in [1.54, 1.807) is 18.2 Å². The molecule has 2 aromatic carbocycles. The van der Waals surface area contributed by atoms with Gasteiger partial charge < -0.3 is 10.2 Å². The van der Waals surface area contributed by atoms with E-state index in [1.165, 1.54) is 10.8 Å². The Morgan fingerprint density at radius 3 is 2.42 bits per heavy atom. The molecule has 0 fully saturated rings. The molecule has 7 heteroatoms. The zero-order valence-corrected chi connectivity index (χ0v) is 17.1. The number of benzene rings is 2. The normalized spacial score (nSPS) is 11.2. The second kappa shape index (κ2) is 7.83. The van der Waals surface area contributed by atoms with E-state index in [-0.39, 0.29) is 5.56 Å². The number of furan rings is 1. The van der Waals surface area contributed by atoms with E-state index in [2.05, 4.69) is 4.98 Å². The van der Waals surface area contributed by atoms with Gasteiger partial charge in [0.2, 0.25) is 0 Å². The minimum Gasteiger partial charge on any atom is -0.460 e. The molecule has 0 atom stereocenters. The first-order chi connectivity index (χ1) is 15.1. The number of hydrogen-bond acceptors (Lipinski definition) is 5. The predicted octanol–water partition coefficient (Wildman–Crippen LogP) is 4.82. The van der Waals surface area contributed by atoms with Gasteiger partial charge in [0.25, 0.3) is 5.56 Å². The first-order valence-corrected chi connectivity index (χ1v) is 10.0. The monoisotopic (exact) mass is 428 g/mol. The molecule has 0 aliphatic carbocycles. The van der Waals surface area contributed by atoms with Crippen molar-refractivity contribution in [2.45, 2.75) is 6.54 Å². The Kier molecular flexibility index (Phi) is 4.86. The number of nitrogens with two attached hydrogens (primary N) is 1. The number of fused-ring (bicyclic) bond motifs is 1. The van der Waals surface area contributed by atoms with Crippen molar-refractivity contribution in [3.63, 3.8) is 0 Å². The zero-order valence-electron chi connectivity index (χ0n) is 16.3. The molecule has 0 amide bonds. The van der Waals surface area contributed by atoms with E-state index in [9.17, 15) is 4.79 Å². The maximum absolute atomic E-state index is 13.4. The van der Waals surface area contributed by atoms with Crippen molar-refractivity contribution in [1.82, 2.24) is 14.5 Å². The van der Waals surface area contributed by atoms with Gasteiger partial charge >= 0.3 is 0 Å². The first-order valence-electron chi connectivity index (χ1n) is 9.67. The van der Waals surface area contributed by atoms with Crippen molar-refractivity contribution < 1.29 is 4.42 Å². The molecule has 152 valence electrons. The largest absolute Gasteiger partial charge is 0.460 e.